The highest BCUT2D eigenvalue weighted by Gasteiger charge is 2.14. The molecule has 0 bridgehead atoms. The van der Waals surface area contributed by atoms with Crippen LogP contribution in [0.4, 0.5) is 0 Å². The summed E-state index contributed by atoms with van der Waals surface area (Å²) in [6.07, 6.45) is 1.79. The van der Waals surface area contributed by atoms with E-state index in [2.05, 4.69) is 24.5 Å². The predicted molar refractivity (Wildman–Crippen MR) is 83.9 cm³/mol. The summed E-state index contributed by atoms with van der Waals surface area (Å²) in [5.41, 5.74) is 3.91. The van der Waals surface area contributed by atoms with Gasteiger partial charge in [-0.3, -0.25) is 11.3 Å². The van der Waals surface area contributed by atoms with Crippen molar-refractivity contribution in [1.82, 2.24) is 5.43 Å². The number of aryl methyl sites for hydroxylation is 1. The van der Waals surface area contributed by atoms with Crippen molar-refractivity contribution in [3.8, 4) is 0 Å². The van der Waals surface area contributed by atoms with E-state index in [1.54, 1.807) is 17.4 Å². The first-order valence-corrected chi connectivity index (χ1v) is 7.70. The molecule has 102 valence electrons. The zero-order chi connectivity index (χ0) is 13.8. The van der Waals surface area contributed by atoms with Gasteiger partial charge in [0, 0.05) is 19.8 Å². The van der Waals surface area contributed by atoms with E-state index >= 15 is 0 Å². The van der Waals surface area contributed by atoms with Gasteiger partial charge in [-0.15, -0.1) is 11.3 Å². The first-order valence-electron chi connectivity index (χ1n) is 6.12. The summed E-state index contributed by atoms with van der Waals surface area (Å²) >= 11 is 13.9. The summed E-state index contributed by atoms with van der Waals surface area (Å²) < 4.78 is 0. The Morgan fingerprint density at radius 2 is 2.05 bits per heavy atom. The molecule has 1 unspecified atom stereocenters. The minimum Gasteiger partial charge on any atom is -0.271 e. The van der Waals surface area contributed by atoms with E-state index in [1.165, 1.54) is 9.75 Å². The lowest BCUT2D eigenvalue weighted by Crippen LogP contribution is -2.29. The maximum Gasteiger partial charge on any atom is 0.0594 e. The molecular weight excluding hydrogens is 299 g/mol. The Labute approximate surface area is 127 Å². The van der Waals surface area contributed by atoms with Gasteiger partial charge < -0.3 is 0 Å². The molecule has 0 aliphatic carbocycles. The summed E-state index contributed by atoms with van der Waals surface area (Å²) in [6.45, 7) is 2.15. The van der Waals surface area contributed by atoms with Crippen LogP contribution < -0.4 is 11.3 Å². The molecule has 3 N–H and O–H groups in total. The zero-order valence-corrected chi connectivity index (χ0v) is 12.9. The second kappa shape index (κ2) is 6.73. The smallest absolute Gasteiger partial charge is 0.0594 e. The molecule has 2 rings (SSSR count). The van der Waals surface area contributed by atoms with Gasteiger partial charge in [0.2, 0.25) is 0 Å². The van der Waals surface area contributed by atoms with Gasteiger partial charge in [-0.2, -0.15) is 0 Å². The molecule has 0 aliphatic rings. The largest absolute Gasteiger partial charge is 0.271 e. The predicted octanol–water partition coefficient (Wildman–Crippen LogP) is 4.36. The van der Waals surface area contributed by atoms with E-state index in [1.807, 2.05) is 12.1 Å². The summed E-state index contributed by atoms with van der Waals surface area (Å²) in [5.74, 6) is 5.67. The monoisotopic (exact) mass is 314 g/mol. The summed E-state index contributed by atoms with van der Waals surface area (Å²) in [7, 11) is 0. The molecule has 1 atom stereocenters. The Morgan fingerprint density at radius 3 is 2.63 bits per heavy atom. The maximum absolute atomic E-state index is 6.20. The van der Waals surface area contributed by atoms with Crippen molar-refractivity contribution in [3.05, 3.63) is 55.7 Å². The first kappa shape index (κ1) is 14.8. The fraction of sp³-hybridized carbons (Fsp3) is 0.286. The van der Waals surface area contributed by atoms with Crippen LogP contribution in [0.3, 0.4) is 0 Å². The fourth-order valence-corrected chi connectivity index (χ4v) is 3.42. The highest BCUT2D eigenvalue weighted by atomic mass is 35.5. The molecule has 2 aromatic rings. The lowest BCUT2D eigenvalue weighted by atomic mass is 10.1. The zero-order valence-electron chi connectivity index (χ0n) is 10.6. The highest BCUT2D eigenvalue weighted by molar-refractivity contribution is 7.12. The topological polar surface area (TPSA) is 38.0 Å². The Bertz CT molecular complexity index is 554. The molecule has 1 aromatic heterocycles. The average Bonchev–Trinajstić information content (AvgIpc) is 2.86. The van der Waals surface area contributed by atoms with E-state index < -0.39 is 0 Å². The van der Waals surface area contributed by atoms with Crippen LogP contribution in [0.5, 0.6) is 0 Å². The van der Waals surface area contributed by atoms with Crippen molar-refractivity contribution in [1.29, 1.82) is 0 Å². The quantitative estimate of drug-likeness (QED) is 0.635. The van der Waals surface area contributed by atoms with Crippen molar-refractivity contribution in [3.63, 3.8) is 0 Å². The molecule has 0 spiro atoms. The van der Waals surface area contributed by atoms with Crippen LogP contribution in [-0.2, 0) is 12.8 Å². The Morgan fingerprint density at radius 1 is 1.26 bits per heavy atom. The molecule has 0 radical (unpaired) electrons. The number of benzene rings is 1. The molecule has 1 aromatic carbocycles. The molecule has 0 saturated carbocycles. The number of rotatable bonds is 5. The second-order valence-electron chi connectivity index (χ2n) is 4.32. The molecule has 1 heterocycles. The van der Waals surface area contributed by atoms with Crippen LogP contribution in [0.1, 0.15) is 28.3 Å². The van der Waals surface area contributed by atoms with E-state index in [-0.39, 0.29) is 6.04 Å². The third-order valence-corrected chi connectivity index (χ3v) is 4.94. The Kier molecular flexibility index (Phi) is 5.25. The lowest BCUT2D eigenvalue weighted by molar-refractivity contribution is 0.561. The third-order valence-electron chi connectivity index (χ3n) is 3.01. The Hall–Kier alpha value is -0.580. The molecule has 0 aliphatic heterocycles. The molecule has 19 heavy (non-hydrogen) atoms. The molecular formula is C14H16Cl2N2S. The molecule has 0 amide bonds. The average molecular weight is 315 g/mol. The SMILES string of the molecule is CCc1ccc(C(Cc2ccc(Cl)cc2Cl)NN)s1. The van der Waals surface area contributed by atoms with Crippen LogP contribution in [0.15, 0.2) is 30.3 Å². The van der Waals surface area contributed by atoms with Gasteiger partial charge >= 0.3 is 0 Å². The molecule has 0 saturated heterocycles. The standard InChI is InChI=1S/C14H16Cl2N2S/c1-2-11-5-6-14(19-11)13(18-17)7-9-3-4-10(15)8-12(9)16/h3-6,8,13,18H,2,7,17H2,1H3. The number of nitrogens with two attached hydrogens (primary N) is 1. The van der Waals surface area contributed by atoms with Gasteiger partial charge in [-0.05, 0) is 42.7 Å². The summed E-state index contributed by atoms with van der Waals surface area (Å²) in [4.78, 5) is 2.59. The first-order chi connectivity index (χ1) is 9.13. The number of thiophene rings is 1. The fourth-order valence-electron chi connectivity index (χ4n) is 1.92. The summed E-state index contributed by atoms with van der Waals surface area (Å²) in [5, 5.41) is 1.33. The van der Waals surface area contributed by atoms with Crippen molar-refractivity contribution < 1.29 is 0 Å². The lowest BCUT2D eigenvalue weighted by Gasteiger charge is -2.15. The number of halogens is 2. The van der Waals surface area contributed by atoms with Crippen LogP contribution in [0.2, 0.25) is 10.0 Å². The normalized spacial score (nSPS) is 12.6. The van der Waals surface area contributed by atoms with Crippen molar-refractivity contribution >= 4 is 34.5 Å². The minimum absolute atomic E-state index is 0.0731. The van der Waals surface area contributed by atoms with E-state index in [9.17, 15) is 0 Å². The van der Waals surface area contributed by atoms with Gasteiger partial charge in [-0.25, -0.2) is 0 Å². The van der Waals surface area contributed by atoms with Crippen LogP contribution in [0.25, 0.3) is 0 Å². The molecule has 0 fully saturated rings. The van der Waals surface area contributed by atoms with Gasteiger partial charge in [0.05, 0.1) is 6.04 Å². The van der Waals surface area contributed by atoms with Crippen molar-refractivity contribution in [2.45, 2.75) is 25.8 Å². The van der Waals surface area contributed by atoms with Gasteiger partial charge in [0.1, 0.15) is 0 Å². The molecule has 2 nitrogen and oxygen atoms in total. The van der Waals surface area contributed by atoms with Gasteiger partial charge in [-0.1, -0.05) is 36.2 Å². The van der Waals surface area contributed by atoms with Gasteiger partial charge in [0.25, 0.3) is 0 Å². The number of hydrogen-bond donors (Lipinski definition) is 2. The number of nitrogens with one attached hydrogen (secondary N) is 1. The second-order valence-corrected chi connectivity index (χ2v) is 6.36. The Balaban J connectivity index is 2.18. The van der Waals surface area contributed by atoms with Gasteiger partial charge in [0.15, 0.2) is 0 Å². The summed E-state index contributed by atoms with van der Waals surface area (Å²) in [6, 6.07) is 9.90. The van der Waals surface area contributed by atoms with E-state index in [0.717, 1.165) is 18.4 Å². The van der Waals surface area contributed by atoms with Crippen LogP contribution in [-0.4, -0.2) is 0 Å². The number of hydrogen-bond acceptors (Lipinski definition) is 3. The van der Waals surface area contributed by atoms with Crippen molar-refractivity contribution in [2.24, 2.45) is 5.84 Å². The van der Waals surface area contributed by atoms with Crippen LogP contribution in [0, 0.1) is 0 Å². The highest BCUT2D eigenvalue weighted by Crippen LogP contribution is 2.29. The number of hydrazine groups is 1. The maximum atomic E-state index is 6.20. The van der Waals surface area contributed by atoms with Crippen LogP contribution >= 0.6 is 34.5 Å². The third kappa shape index (κ3) is 3.71. The minimum atomic E-state index is 0.0731. The van der Waals surface area contributed by atoms with Crippen molar-refractivity contribution in [2.75, 3.05) is 0 Å². The molecule has 5 heteroatoms. The van der Waals surface area contributed by atoms with E-state index in [0.29, 0.717) is 10.0 Å². The van der Waals surface area contributed by atoms with E-state index in [4.69, 9.17) is 29.0 Å².